The molecule has 1 aliphatic heterocycles. The van der Waals surface area contributed by atoms with E-state index in [0.717, 1.165) is 11.1 Å². The van der Waals surface area contributed by atoms with Gasteiger partial charge in [0, 0.05) is 16.5 Å². The van der Waals surface area contributed by atoms with Crippen LogP contribution in [0.3, 0.4) is 0 Å². The average molecular weight is 551 g/mol. The molecule has 0 aliphatic carbocycles. The number of ether oxygens (including phenoxy) is 2. The maximum atomic E-state index is 13.2. The van der Waals surface area contributed by atoms with Gasteiger partial charge >= 0.3 is 0 Å². The van der Waals surface area contributed by atoms with Gasteiger partial charge in [0.05, 0.1) is 5.56 Å². The quantitative estimate of drug-likeness (QED) is 0.346. The summed E-state index contributed by atoms with van der Waals surface area (Å²) in [6.07, 6.45) is 0.316. The van der Waals surface area contributed by atoms with Crippen molar-refractivity contribution in [2.45, 2.75) is 12.5 Å². The number of amides is 2. The largest absolute Gasteiger partial charge is 0.454 e. The lowest BCUT2D eigenvalue weighted by Gasteiger charge is -2.18. The summed E-state index contributed by atoms with van der Waals surface area (Å²) in [7, 11) is 0. The highest BCUT2D eigenvalue weighted by Crippen LogP contribution is 2.37. The van der Waals surface area contributed by atoms with E-state index >= 15 is 0 Å². The van der Waals surface area contributed by atoms with Crippen molar-refractivity contribution in [1.82, 2.24) is 15.5 Å². The van der Waals surface area contributed by atoms with Crippen molar-refractivity contribution in [3.63, 3.8) is 0 Å². The molecule has 0 spiro atoms. The molecule has 8 nitrogen and oxygen atoms in total. The predicted molar refractivity (Wildman–Crippen MR) is 136 cm³/mol. The second-order valence-electron chi connectivity index (χ2n) is 7.67. The third-order valence-corrected chi connectivity index (χ3v) is 6.88. The zero-order valence-electron chi connectivity index (χ0n) is 18.2. The number of fused-ring (bicyclic) bond motifs is 1. The summed E-state index contributed by atoms with van der Waals surface area (Å²) in [4.78, 5) is 26.2. The Bertz CT molecular complexity index is 1380. The van der Waals surface area contributed by atoms with Crippen LogP contribution in [0.4, 0.5) is 5.13 Å². The molecule has 1 unspecified atom stereocenters. The van der Waals surface area contributed by atoms with Crippen LogP contribution in [0.1, 0.15) is 15.9 Å². The molecule has 0 saturated heterocycles. The van der Waals surface area contributed by atoms with Crippen molar-refractivity contribution < 1.29 is 19.1 Å². The van der Waals surface area contributed by atoms with E-state index in [1.54, 1.807) is 18.2 Å². The van der Waals surface area contributed by atoms with E-state index < -0.39 is 6.04 Å². The second kappa shape index (κ2) is 10.2. The number of nitrogens with one attached hydrogen (secondary N) is 2. The SMILES string of the molecule is O=C(NC(Cc1ccccc1)C(=O)Nc1nnc(-c2ccc3c(c2)OCO3)s1)c1ccccc1Br. The minimum Gasteiger partial charge on any atom is -0.454 e. The van der Waals surface area contributed by atoms with Gasteiger partial charge in [0.25, 0.3) is 5.91 Å². The molecular weight excluding hydrogens is 532 g/mol. The summed E-state index contributed by atoms with van der Waals surface area (Å²) in [5.74, 6) is 0.576. The van der Waals surface area contributed by atoms with Gasteiger partial charge in [-0.1, -0.05) is 53.8 Å². The number of rotatable bonds is 7. The van der Waals surface area contributed by atoms with Gasteiger partial charge in [0.1, 0.15) is 11.0 Å². The third kappa shape index (κ3) is 5.33. The number of halogens is 1. The smallest absolute Gasteiger partial charge is 0.253 e. The third-order valence-electron chi connectivity index (χ3n) is 5.30. The Morgan fingerprint density at radius 2 is 1.74 bits per heavy atom. The van der Waals surface area contributed by atoms with Gasteiger partial charge in [-0.05, 0) is 51.8 Å². The van der Waals surface area contributed by atoms with E-state index in [-0.39, 0.29) is 18.6 Å². The zero-order chi connectivity index (χ0) is 24.2. The Morgan fingerprint density at radius 3 is 2.57 bits per heavy atom. The number of carbonyl (C=O) groups is 2. The normalized spacial score (nSPS) is 12.7. The predicted octanol–water partition coefficient (Wildman–Crippen LogP) is 4.68. The number of anilines is 1. The first kappa shape index (κ1) is 23.0. The molecular formula is C25H19BrN4O4S. The minimum atomic E-state index is -0.824. The molecule has 2 heterocycles. The van der Waals surface area contributed by atoms with Gasteiger partial charge in [0.2, 0.25) is 17.8 Å². The highest BCUT2D eigenvalue weighted by Gasteiger charge is 2.24. The maximum Gasteiger partial charge on any atom is 0.253 e. The Balaban J connectivity index is 1.33. The van der Waals surface area contributed by atoms with E-state index in [2.05, 4.69) is 36.8 Å². The molecule has 1 aromatic heterocycles. The summed E-state index contributed by atoms with van der Waals surface area (Å²) >= 11 is 4.62. The molecule has 1 aliphatic rings. The molecule has 0 radical (unpaired) electrons. The van der Waals surface area contributed by atoms with Crippen molar-refractivity contribution in [3.05, 3.63) is 88.4 Å². The molecule has 176 valence electrons. The summed E-state index contributed by atoms with van der Waals surface area (Å²) in [6.45, 7) is 0.185. The first-order valence-electron chi connectivity index (χ1n) is 10.7. The fourth-order valence-corrected chi connectivity index (χ4v) is 4.76. The van der Waals surface area contributed by atoms with Crippen LogP contribution in [0.2, 0.25) is 0 Å². The van der Waals surface area contributed by atoms with Crippen LogP contribution in [0, 0.1) is 0 Å². The monoisotopic (exact) mass is 550 g/mol. The topological polar surface area (TPSA) is 102 Å². The lowest BCUT2D eigenvalue weighted by Crippen LogP contribution is -2.45. The van der Waals surface area contributed by atoms with Gasteiger partial charge in [-0.3, -0.25) is 14.9 Å². The second-order valence-corrected chi connectivity index (χ2v) is 9.50. The molecule has 3 aromatic carbocycles. The van der Waals surface area contributed by atoms with Gasteiger partial charge in [-0.15, -0.1) is 10.2 Å². The number of nitrogens with zero attached hydrogens (tertiary/aromatic N) is 2. The molecule has 2 amide bonds. The van der Waals surface area contributed by atoms with Crippen molar-refractivity contribution >= 4 is 44.2 Å². The standard InChI is InChI=1S/C25H19BrN4O4S/c26-18-9-5-4-8-17(18)22(31)27-19(12-15-6-2-1-3-7-15)23(32)28-25-30-29-24(35-25)16-10-11-20-21(13-16)34-14-33-20/h1-11,13,19H,12,14H2,(H,27,31)(H,28,30,32). The molecule has 4 aromatic rings. The van der Waals surface area contributed by atoms with Crippen LogP contribution < -0.4 is 20.1 Å². The highest BCUT2D eigenvalue weighted by atomic mass is 79.9. The van der Waals surface area contributed by atoms with Crippen molar-refractivity contribution in [2.24, 2.45) is 0 Å². The van der Waals surface area contributed by atoms with Crippen LogP contribution >= 0.6 is 27.3 Å². The molecule has 35 heavy (non-hydrogen) atoms. The van der Waals surface area contributed by atoms with Crippen LogP contribution in [-0.2, 0) is 11.2 Å². The highest BCUT2D eigenvalue weighted by molar-refractivity contribution is 9.10. The van der Waals surface area contributed by atoms with Crippen molar-refractivity contribution in [3.8, 4) is 22.1 Å². The van der Waals surface area contributed by atoms with Crippen LogP contribution in [-0.4, -0.2) is 34.8 Å². The first-order chi connectivity index (χ1) is 17.1. The molecule has 10 heteroatoms. The van der Waals surface area contributed by atoms with E-state index in [1.807, 2.05) is 54.6 Å². The molecule has 1 atom stereocenters. The number of hydrogen-bond donors (Lipinski definition) is 2. The Labute approximate surface area is 213 Å². The minimum absolute atomic E-state index is 0.185. The van der Waals surface area contributed by atoms with Crippen LogP contribution in [0.15, 0.2) is 77.3 Å². The van der Waals surface area contributed by atoms with Gasteiger partial charge in [0.15, 0.2) is 11.5 Å². The molecule has 5 rings (SSSR count). The zero-order valence-corrected chi connectivity index (χ0v) is 20.6. The number of aromatic nitrogens is 2. The molecule has 2 N–H and O–H groups in total. The first-order valence-corrected chi connectivity index (χ1v) is 12.3. The fourth-order valence-electron chi connectivity index (χ4n) is 3.55. The fraction of sp³-hybridized carbons (Fsp3) is 0.120. The average Bonchev–Trinajstić information content (AvgIpc) is 3.53. The van der Waals surface area contributed by atoms with E-state index in [4.69, 9.17) is 9.47 Å². The lowest BCUT2D eigenvalue weighted by molar-refractivity contribution is -0.118. The van der Waals surface area contributed by atoms with Gasteiger partial charge < -0.3 is 14.8 Å². The van der Waals surface area contributed by atoms with Crippen molar-refractivity contribution in [2.75, 3.05) is 12.1 Å². The van der Waals surface area contributed by atoms with Crippen LogP contribution in [0.25, 0.3) is 10.6 Å². The molecule has 0 bridgehead atoms. The maximum absolute atomic E-state index is 13.2. The van der Waals surface area contributed by atoms with Gasteiger partial charge in [-0.25, -0.2) is 0 Å². The van der Waals surface area contributed by atoms with Crippen LogP contribution in [0.5, 0.6) is 11.5 Å². The Morgan fingerprint density at radius 1 is 0.971 bits per heavy atom. The van der Waals surface area contributed by atoms with E-state index in [9.17, 15) is 9.59 Å². The summed E-state index contributed by atoms with van der Waals surface area (Å²) < 4.78 is 11.4. The van der Waals surface area contributed by atoms with E-state index in [0.29, 0.717) is 38.1 Å². The molecule has 0 saturated carbocycles. The Hall–Kier alpha value is -3.76. The van der Waals surface area contributed by atoms with Gasteiger partial charge in [-0.2, -0.15) is 0 Å². The Kier molecular flexibility index (Phi) is 6.73. The lowest BCUT2D eigenvalue weighted by atomic mass is 10.0. The summed E-state index contributed by atoms with van der Waals surface area (Å²) in [6, 6.07) is 21.2. The summed E-state index contributed by atoms with van der Waals surface area (Å²) in [5, 5.41) is 14.9. The van der Waals surface area contributed by atoms with E-state index in [1.165, 1.54) is 11.3 Å². The summed E-state index contributed by atoms with van der Waals surface area (Å²) in [5.41, 5.74) is 2.16. The molecule has 0 fully saturated rings. The number of benzene rings is 3. The number of hydrogen-bond acceptors (Lipinski definition) is 7. The number of carbonyl (C=O) groups excluding carboxylic acids is 2. The van der Waals surface area contributed by atoms with Crippen molar-refractivity contribution in [1.29, 1.82) is 0 Å².